The molecular formula is C13H9NOS2. The molecule has 3 aromatic rings. The fourth-order valence-electron chi connectivity index (χ4n) is 1.59. The minimum Gasteiger partial charge on any atom is -0.507 e. The number of rotatable bonds is 2. The summed E-state index contributed by atoms with van der Waals surface area (Å²) in [5.74, 6) is 0.277. The molecule has 0 aliphatic rings. The van der Waals surface area contributed by atoms with Crippen LogP contribution in [0.15, 0.2) is 46.5 Å². The highest BCUT2D eigenvalue weighted by Crippen LogP contribution is 2.34. The molecule has 0 saturated carbocycles. The van der Waals surface area contributed by atoms with Crippen LogP contribution in [0.1, 0.15) is 0 Å². The molecule has 1 N–H and O–H groups in total. The summed E-state index contributed by atoms with van der Waals surface area (Å²) in [5, 5.41) is 16.8. The number of benzene rings is 1. The molecule has 0 radical (unpaired) electrons. The van der Waals surface area contributed by atoms with Crippen molar-refractivity contribution >= 4 is 22.7 Å². The molecule has 17 heavy (non-hydrogen) atoms. The van der Waals surface area contributed by atoms with Crippen LogP contribution in [-0.2, 0) is 0 Å². The molecule has 84 valence electrons. The number of nitrogens with zero attached hydrogens (tertiary/aromatic N) is 1. The molecule has 2 nitrogen and oxygen atoms in total. The Bertz CT molecular complexity index is 628. The molecule has 0 saturated heterocycles. The summed E-state index contributed by atoms with van der Waals surface area (Å²) in [6.07, 6.45) is 0. The van der Waals surface area contributed by atoms with Crippen LogP contribution in [0.25, 0.3) is 21.8 Å². The highest BCUT2D eigenvalue weighted by atomic mass is 32.1. The number of thiazole rings is 1. The number of aromatic nitrogens is 1. The molecule has 1 aromatic carbocycles. The Balaban J connectivity index is 2.04. The minimum atomic E-state index is 0.277. The van der Waals surface area contributed by atoms with Crippen molar-refractivity contribution in [3.63, 3.8) is 0 Å². The Labute approximate surface area is 107 Å². The lowest BCUT2D eigenvalue weighted by atomic mass is 10.2. The minimum absolute atomic E-state index is 0.277. The van der Waals surface area contributed by atoms with Gasteiger partial charge in [-0.05, 0) is 23.6 Å². The van der Waals surface area contributed by atoms with Gasteiger partial charge in [0.1, 0.15) is 10.8 Å². The molecule has 0 aliphatic heterocycles. The third kappa shape index (κ3) is 1.97. The highest BCUT2D eigenvalue weighted by Gasteiger charge is 2.09. The first kappa shape index (κ1) is 10.5. The van der Waals surface area contributed by atoms with E-state index in [0.717, 1.165) is 21.8 Å². The van der Waals surface area contributed by atoms with Crippen LogP contribution >= 0.6 is 22.7 Å². The fourth-order valence-corrected chi connectivity index (χ4v) is 3.11. The van der Waals surface area contributed by atoms with Crippen molar-refractivity contribution in [2.24, 2.45) is 0 Å². The third-order valence-electron chi connectivity index (χ3n) is 2.46. The monoisotopic (exact) mass is 259 g/mol. The van der Waals surface area contributed by atoms with Crippen LogP contribution < -0.4 is 0 Å². The largest absolute Gasteiger partial charge is 0.507 e. The number of hydrogen-bond acceptors (Lipinski definition) is 4. The van der Waals surface area contributed by atoms with Crippen molar-refractivity contribution < 1.29 is 5.11 Å². The smallest absolute Gasteiger partial charge is 0.127 e. The Kier molecular flexibility index (Phi) is 2.66. The van der Waals surface area contributed by atoms with Gasteiger partial charge >= 0.3 is 0 Å². The second-order valence-electron chi connectivity index (χ2n) is 3.57. The molecule has 0 amide bonds. The van der Waals surface area contributed by atoms with Gasteiger partial charge in [-0.15, -0.1) is 11.3 Å². The Morgan fingerprint density at radius 3 is 2.71 bits per heavy atom. The van der Waals surface area contributed by atoms with Gasteiger partial charge in [0, 0.05) is 16.3 Å². The van der Waals surface area contributed by atoms with Crippen LogP contribution in [0.3, 0.4) is 0 Å². The van der Waals surface area contributed by atoms with Gasteiger partial charge in [-0.25, -0.2) is 4.98 Å². The summed E-state index contributed by atoms with van der Waals surface area (Å²) < 4.78 is 0. The van der Waals surface area contributed by atoms with E-state index in [1.165, 1.54) is 0 Å². The summed E-state index contributed by atoms with van der Waals surface area (Å²) in [7, 11) is 0. The molecule has 0 bridgehead atoms. The van der Waals surface area contributed by atoms with Crippen LogP contribution in [0.4, 0.5) is 0 Å². The van der Waals surface area contributed by atoms with Gasteiger partial charge in [0.05, 0.1) is 11.3 Å². The van der Waals surface area contributed by atoms with Gasteiger partial charge in [0.15, 0.2) is 0 Å². The van der Waals surface area contributed by atoms with Crippen molar-refractivity contribution in [2.45, 2.75) is 0 Å². The van der Waals surface area contributed by atoms with E-state index >= 15 is 0 Å². The SMILES string of the molecule is Oc1ccccc1-c1nc(-c2ccsc2)cs1. The molecular weight excluding hydrogens is 250 g/mol. The quantitative estimate of drug-likeness (QED) is 0.746. The Morgan fingerprint density at radius 2 is 1.94 bits per heavy atom. The molecule has 2 heterocycles. The van der Waals surface area contributed by atoms with Crippen molar-refractivity contribution in [1.29, 1.82) is 0 Å². The predicted octanol–water partition coefficient (Wildman–Crippen LogP) is 4.24. The van der Waals surface area contributed by atoms with Gasteiger partial charge in [0.2, 0.25) is 0 Å². The average molecular weight is 259 g/mol. The maximum atomic E-state index is 9.77. The topological polar surface area (TPSA) is 33.1 Å². The van der Waals surface area contributed by atoms with Crippen molar-refractivity contribution in [2.75, 3.05) is 0 Å². The lowest BCUT2D eigenvalue weighted by Gasteiger charge is -1.98. The zero-order valence-electron chi connectivity index (χ0n) is 8.83. The van der Waals surface area contributed by atoms with E-state index in [1.807, 2.05) is 35.0 Å². The fraction of sp³-hybridized carbons (Fsp3) is 0. The zero-order valence-corrected chi connectivity index (χ0v) is 10.5. The van der Waals surface area contributed by atoms with E-state index in [2.05, 4.69) is 10.4 Å². The molecule has 4 heteroatoms. The van der Waals surface area contributed by atoms with E-state index in [4.69, 9.17) is 0 Å². The van der Waals surface area contributed by atoms with Gasteiger partial charge in [-0.1, -0.05) is 12.1 Å². The normalized spacial score (nSPS) is 10.6. The number of thiophene rings is 1. The standard InChI is InChI=1S/C13H9NOS2/c15-12-4-2-1-3-10(12)13-14-11(8-17-13)9-5-6-16-7-9/h1-8,15H. The van der Waals surface area contributed by atoms with Crippen LogP contribution in [0, 0.1) is 0 Å². The number of para-hydroxylation sites is 1. The van der Waals surface area contributed by atoms with Crippen LogP contribution in [-0.4, -0.2) is 10.1 Å². The van der Waals surface area contributed by atoms with Crippen molar-refractivity contribution in [3.8, 4) is 27.6 Å². The second-order valence-corrected chi connectivity index (χ2v) is 5.21. The van der Waals surface area contributed by atoms with Gasteiger partial charge in [0.25, 0.3) is 0 Å². The first-order chi connectivity index (χ1) is 8.34. The first-order valence-corrected chi connectivity index (χ1v) is 6.93. The van der Waals surface area contributed by atoms with Gasteiger partial charge < -0.3 is 5.11 Å². The summed E-state index contributed by atoms with van der Waals surface area (Å²) in [5.41, 5.74) is 2.89. The first-order valence-electron chi connectivity index (χ1n) is 5.11. The molecule has 2 aromatic heterocycles. The summed E-state index contributed by atoms with van der Waals surface area (Å²) in [6, 6.07) is 9.33. The van der Waals surface area contributed by atoms with Crippen LogP contribution in [0.5, 0.6) is 5.75 Å². The van der Waals surface area contributed by atoms with E-state index in [-0.39, 0.29) is 5.75 Å². The second kappa shape index (κ2) is 4.31. The summed E-state index contributed by atoms with van der Waals surface area (Å²) in [4.78, 5) is 4.55. The van der Waals surface area contributed by atoms with E-state index in [9.17, 15) is 5.11 Å². The number of aromatic hydroxyl groups is 1. The van der Waals surface area contributed by atoms with Crippen molar-refractivity contribution in [3.05, 3.63) is 46.5 Å². The van der Waals surface area contributed by atoms with Gasteiger partial charge in [-0.3, -0.25) is 0 Å². The molecule has 0 fully saturated rings. The average Bonchev–Trinajstić information content (AvgIpc) is 3.00. The lowest BCUT2D eigenvalue weighted by Crippen LogP contribution is -1.78. The van der Waals surface area contributed by atoms with E-state index in [1.54, 1.807) is 28.7 Å². The molecule has 3 rings (SSSR count). The molecule has 0 unspecified atom stereocenters. The van der Waals surface area contributed by atoms with Crippen molar-refractivity contribution in [1.82, 2.24) is 4.98 Å². The lowest BCUT2D eigenvalue weighted by molar-refractivity contribution is 0.477. The highest BCUT2D eigenvalue weighted by molar-refractivity contribution is 7.13. The number of phenols is 1. The van der Waals surface area contributed by atoms with E-state index in [0.29, 0.717) is 0 Å². The third-order valence-corrected chi connectivity index (χ3v) is 4.01. The maximum absolute atomic E-state index is 9.77. The van der Waals surface area contributed by atoms with Gasteiger partial charge in [-0.2, -0.15) is 11.3 Å². The molecule has 0 spiro atoms. The maximum Gasteiger partial charge on any atom is 0.127 e. The number of phenolic OH excluding ortho intramolecular Hbond substituents is 1. The predicted molar refractivity (Wildman–Crippen MR) is 72.5 cm³/mol. The van der Waals surface area contributed by atoms with Crippen LogP contribution in [0.2, 0.25) is 0 Å². The molecule has 0 atom stereocenters. The Morgan fingerprint density at radius 1 is 1.06 bits per heavy atom. The zero-order chi connectivity index (χ0) is 11.7. The van der Waals surface area contributed by atoms with E-state index < -0.39 is 0 Å². The summed E-state index contributed by atoms with van der Waals surface area (Å²) in [6.45, 7) is 0. The molecule has 0 aliphatic carbocycles. The number of hydrogen-bond donors (Lipinski definition) is 1. The summed E-state index contributed by atoms with van der Waals surface area (Å²) >= 11 is 3.21. The Hall–Kier alpha value is -1.65.